The van der Waals surface area contributed by atoms with Gasteiger partial charge in [-0.2, -0.15) is 0 Å². The van der Waals surface area contributed by atoms with Crippen LogP contribution >= 0.6 is 23.2 Å². The average molecular weight is 455 g/mol. The predicted octanol–water partition coefficient (Wildman–Crippen LogP) is 6.35. The van der Waals surface area contributed by atoms with Gasteiger partial charge in [0.1, 0.15) is 6.61 Å². The lowest BCUT2D eigenvalue weighted by atomic mass is 10.1. The highest BCUT2D eigenvalue weighted by molar-refractivity contribution is 6.38. The number of carboxylic acids is 1. The van der Waals surface area contributed by atoms with Gasteiger partial charge in [0, 0.05) is 10.6 Å². The Morgan fingerprint density at radius 2 is 1.81 bits per heavy atom. The van der Waals surface area contributed by atoms with Crippen LogP contribution in [-0.4, -0.2) is 11.1 Å². The van der Waals surface area contributed by atoms with Crippen molar-refractivity contribution in [2.45, 2.75) is 13.5 Å². The lowest BCUT2D eigenvalue weighted by molar-refractivity contribution is 0.0696. The van der Waals surface area contributed by atoms with E-state index in [4.69, 9.17) is 32.4 Å². The average Bonchev–Trinajstić information content (AvgIpc) is 2.74. The molecule has 0 unspecified atom stereocenters. The summed E-state index contributed by atoms with van der Waals surface area (Å²) in [6.07, 6.45) is 0. The van der Waals surface area contributed by atoms with Crippen molar-refractivity contribution < 1.29 is 19.1 Å². The molecule has 0 saturated heterocycles. The van der Waals surface area contributed by atoms with E-state index in [2.05, 4.69) is 0 Å². The molecule has 0 aliphatic carbocycles. The molecule has 0 atom stereocenters. The molecule has 5 nitrogen and oxygen atoms in total. The third kappa shape index (κ3) is 4.29. The maximum absolute atomic E-state index is 13.3. The number of rotatable bonds is 5. The monoisotopic (exact) mass is 454 g/mol. The molecule has 4 rings (SSSR count). The summed E-state index contributed by atoms with van der Waals surface area (Å²) in [7, 11) is 0. The van der Waals surface area contributed by atoms with Crippen LogP contribution in [0, 0.1) is 6.92 Å². The van der Waals surface area contributed by atoms with Crippen molar-refractivity contribution in [2.75, 3.05) is 0 Å². The van der Waals surface area contributed by atoms with Crippen LogP contribution in [-0.2, 0) is 6.61 Å². The van der Waals surface area contributed by atoms with E-state index in [-0.39, 0.29) is 39.7 Å². The van der Waals surface area contributed by atoms with Crippen LogP contribution < -0.4 is 10.2 Å². The maximum Gasteiger partial charge on any atom is 0.335 e. The van der Waals surface area contributed by atoms with Crippen LogP contribution in [0.3, 0.4) is 0 Å². The van der Waals surface area contributed by atoms with Gasteiger partial charge in [-0.05, 0) is 36.8 Å². The number of halogens is 2. The van der Waals surface area contributed by atoms with Crippen molar-refractivity contribution in [1.82, 2.24) is 0 Å². The molecule has 0 aliphatic rings. The van der Waals surface area contributed by atoms with Crippen molar-refractivity contribution in [3.63, 3.8) is 0 Å². The Bertz CT molecular complexity index is 1360. The van der Waals surface area contributed by atoms with Crippen LogP contribution in [0.2, 0.25) is 10.0 Å². The molecule has 0 bridgehead atoms. The van der Waals surface area contributed by atoms with E-state index in [1.54, 1.807) is 12.1 Å². The number of ether oxygens (including phenoxy) is 1. The van der Waals surface area contributed by atoms with Gasteiger partial charge in [0.05, 0.1) is 16.0 Å². The fraction of sp³-hybridized carbons (Fsp3) is 0.0833. The Hall–Kier alpha value is -3.28. The summed E-state index contributed by atoms with van der Waals surface area (Å²) >= 11 is 12.4. The molecule has 31 heavy (non-hydrogen) atoms. The fourth-order valence-electron chi connectivity index (χ4n) is 3.18. The first-order valence-electron chi connectivity index (χ1n) is 9.31. The zero-order valence-electron chi connectivity index (χ0n) is 16.3. The van der Waals surface area contributed by atoms with E-state index in [9.17, 15) is 14.7 Å². The highest BCUT2D eigenvalue weighted by Gasteiger charge is 2.20. The van der Waals surface area contributed by atoms with Gasteiger partial charge in [-0.25, -0.2) is 4.79 Å². The first-order chi connectivity index (χ1) is 14.8. The van der Waals surface area contributed by atoms with Gasteiger partial charge in [0.15, 0.2) is 11.3 Å². The number of hydrogen-bond acceptors (Lipinski definition) is 4. The summed E-state index contributed by atoms with van der Waals surface area (Å²) in [5.41, 5.74) is 2.21. The predicted molar refractivity (Wildman–Crippen MR) is 120 cm³/mol. The van der Waals surface area contributed by atoms with Crippen molar-refractivity contribution in [3.05, 3.63) is 97.6 Å². The first-order valence-corrected chi connectivity index (χ1v) is 10.1. The Morgan fingerprint density at radius 1 is 1.06 bits per heavy atom. The fourth-order valence-corrected chi connectivity index (χ4v) is 3.71. The van der Waals surface area contributed by atoms with Gasteiger partial charge in [-0.3, -0.25) is 4.79 Å². The zero-order chi connectivity index (χ0) is 22.1. The number of fused-ring (bicyclic) bond motifs is 1. The summed E-state index contributed by atoms with van der Waals surface area (Å²) in [6, 6.07) is 16.7. The summed E-state index contributed by atoms with van der Waals surface area (Å²) in [6.45, 7) is 1.93. The Labute approximate surface area is 187 Å². The summed E-state index contributed by atoms with van der Waals surface area (Å²) in [4.78, 5) is 24.5. The first kappa shape index (κ1) is 21.0. The SMILES string of the molecule is Cc1ccc(-c2oc3c(Cl)cc(Cl)cc3c(=O)c2OCc2cccc(C(=O)O)c2)cc1. The summed E-state index contributed by atoms with van der Waals surface area (Å²) in [5.74, 6) is -0.816. The molecule has 3 aromatic carbocycles. The van der Waals surface area contributed by atoms with E-state index in [0.29, 0.717) is 16.1 Å². The molecule has 7 heteroatoms. The quantitative estimate of drug-likeness (QED) is 0.379. The van der Waals surface area contributed by atoms with Gasteiger partial charge in [0.2, 0.25) is 11.2 Å². The minimum atomic E-state index is -1.04. The minimum Gasteiger partial charge on any atom is -0.481 e. The molecule has 0 saturated carbocycles. The zero-order valence-corrected chi connectivity index (χ0v) is 17.8. The van der Waals surface area contributed by atoms with E-state index in [1.807, 2.05) is 31.2 Å². The lowest BCUT2D eigenvalue weighted by Crippen LogP contribution is -2.11. The molecule has 1 heterocycles. The van der Waals surface area contributed by atoms with Gasteiger partial charge < -0.3 is 14.3 Å². The Kier molecular flexibility index (Phi) is 5.72. The van der Waals surface area contributed by atoms with Crippen LogP contribution in [0.15, 0.2) is 69.9 Å². The number of benzene rings is 3. The lowest BCUT2D eigenvalue weighted by Gasteiger charge is -2.13. The molecule has 4 aromatic rings. The van der Waals surface area contributed by atoms with Crippen LogP contribution in [0.4, 0.5) is 0 Å². The second-order valence-corrected chi connectivity index (χ2v) is 7.86. The smallest absolute Gasteiger partial charge is 0.335 e. The number of aromatic carboxylic acids is 1. The molecule has 1 N–H and O–H groups in total. The van der Waals surface area contributed by atoms with Crippen LogP contribution in [0.25, 0.3) is 22.3 Å². The Morgan fingerprint density at radius 3 is 2.52 bits per heavy atom. The van der Waals surface area contributed by atoms with Crippen molar-refractivity contribution in [2.24, 2.45) is 0 Å². The molecule has 156 valence electrons. The minimum absolute atomic E-state index is 0.00425. The van der Waals surface area contributed by atoms with Crippen molar-refractivity contribution >= 4 is 40.1 Å². The highest BCUT2D eigenvalue weighted by Crippen LogP contribution is 2.35. The molecule has 0 aliphatic heterocycles. The molecular formula is C24H16Cl2O5. The van der Waals surface area contributed by atoms with E-state index < -0.39 is 11.4 Å². The standard InChI is InChI=1S/C24H16Cl2O5/c1-13-5-7-15(8-6-13)21-23(30-12-14-3-2-4-16(9-14)24(28)29)20(27)18-10-17(25)11-19(26)22(18)31-21/h2-11H,12H2,1H3,(H,28,29). The van der Waals surface area contributed by atoms with Crippen LogP contribution in [0.1, 0.15) is 21.5 Å². The Balaban J connectivity index is 1.85. The van der Waals surface area contributed by atoms with Gasteiger partial charge in [-0.1, -0.05) is 65.2 Å². The summed E-state index contributed by atoms with van der Waals surface area (Å²) in [5, 5.41) is 9.91. The number of carboxylic acid groups (broad SMARTS) is 1. The summed E-state index contributed by atoms with van der Waals surface area (Å²) < 4.78 is 11.9. The molecular weight excluding hydrogens is 439 g/mol. The molecule has 0 fully saturated rings. The number of hydrogen-bond donors (Lipinski definition) is 1. The second-order valence-electron chi connectivity index (χ2n) is 7.01. The van der Waals surface area contributed by atoms with Gasteiger partial charge >= 0.3 is 5.97 Å². The second kappa shape index (κ2) is 8.46. The molecule has 0 amide bonds. The number of aryl methyl sites for hydroxylation is 1. The van der Waals surface area contributed by atoms with Crippen molar-refractivity contribution in [1.29, 1.82) is 0 Å². The van der Waals surface area contributed by atoms with Crippen molar-refractivity contribution in [3.8, 4) is 17.1 Å². The van der Waals surface area contributed by atoms with Gasteiger partial charge in [-0.15, -0.1) is 0 Å². The highest BCUT2D eigenvalue weighted by atomic mass is 35.5. The van der Waals surface area contributed by atoms with E-state index >= 15 is 0 Å². The largest absolute Gasteiger partial charge is 0.481 e. The molecule has 0 spiro atoms. The molecule has 0 radical (unpaired) electrons. The molecule has 1 aromatic heterocycles. The number of carbonyl (C=O) groups is 1. The topological polar surface area (TPSA) is 76.7 Å². The third-order valence-corrected chi connectivity index (χ3v) is 5.24. The van der Waals surface area contributed by atoms with Crippen LogP contribution in [0.5, 0.6) is 5.75 Å². The van der Waals surface area contributed by atoms with E-state index in [1.165, 1.54) is 24.3 Å². The van der Waals surface area contributed by atoms with E-state index in [0.717, 1.165) is 5.56 Å². The third-order valence-electron chi connectivity index (χ3n) is 4.74. The normalized spacial score (nSPS) is 10.9. The van der Waals surface area contributed by atoms with Gasteiger partial charge in [0.25, 0.3) is 0 Å². The maximum atomic E-state index is 13.3.